The summed E-state index contributed by atoms with van der Waals surface area (Å²) in [6.45, 7) is 3.22. The van der Waals surface area contributed by atoms with Gasteiger partial charge >= 0.3 is 0 Å². The molecule has 18 heavy (non-hydrogen) atoms. The molecule has 1 aliphatic heterocycles. The maximum absolute atomic E-state index is 3.43. The molecule has 2 rings (SSSR count). The first-order valence-electron chi connectivity index (χ1n) is 6.52. The molecule has 0 aromatic heterocycles. The Balaban J connectivity index is 2.20. The maximum Gasteiger partial charge on any atom is 0.0831 e. The van der Waals surface area contributed by atoms with Crippen LogP contribution < -0.4 is 0 Å². The van der Waals surface area contributed by atoms with E-state index in [4.69, 9.17) is 0 Å². The van der Waals surface area contributed by atoms with Crippen molar-refractivity contribution in [3.8, 4) is 11.8 Å². The fourth-order valence-corrected chi connectivity index (χ4v) is 2.31. The Morgan fingerprint density at radius 2 is 2.17 bits per heavy atom. The minimum absolute atomic E-state index is 0.305. The molecular weight excluding hydrogens is 220 g/mol. The molecule has 2 heteroatoms. The van der Waals surface area contributed by atoms with Crippen LogP contribution in [0.15, 0.2) is 35.2 Å². The normalized spacial score (nSPS) is 28.2. The summed E-state index contributed by atoms with van der Waals surface area (Å²) >= 11 is 0. The van der Waals surface area contributed by atoms with Crippen molar-refractivity contribution >= 4 is 0 Å². The van der Waals surface area contributed by atoms with Gasteiger partial charge in [0.25, 0.3) is 0 Å². The first-order chi connectivity index (χ1) is 8.58. The Kier molecular flexibility index (Phi) is 3.93. The average molecular weight is 242 g/mol. The number of rotatable bonds is 3. The van der Waals surface area contributed by atoms with Gasteiger partial charge < -0.3 is 9.80 Å². The third-order valence-electron chi connectivity index (χ3n) is 3.43. The van der Waals surface area contributed by atoms with Crippen LogP contribution in [0, 0.1) is 17.8 Å². The second-order valence-corrected chi connectivity index (χ2v) is 5.40. The molecule has 0 amide bonds. The van der Waals surface area contributed by atoms with Gasteiger partial charge in [0.15, 0.2) is 0 Å². The van der Waals surface area contributed by atoms with E-state index < -0.39 is 0 Å². The van der Waals surface area contributed by atoms with Gasteiger partial charge in [-0.2, -0.15) is 0 Å². The first kappa shape index (κ1) is 13.0. The second-order valence-electron chi connectivity index (χ2n) is 5.40. The summed E-state index contributed by atoms with van der Waals surface area (Å²) < 4.78 is 0. The standard InChI is InChI=1S/C16H22N2/c1-13-6-5-7-15-14(10-11-17(2)3)12-18(4)16(15)9-8-13/h8-9,12,15H,6,10-11H2,1-4H3/b13-8-,16-9+. The van der Waals surface area contributed by atoms with Crippen molar-refractivity contribution in [2.75, 3.05) is 27.7 Å². The highest BCUT2D eigenvalue weighted by Crippen LogP contribution is 2.33. The van der Waals surface area contributed by atoms with Crippen LogP contribution in [0.25, 0.3) is 0 Å². The van der Waals surface area contributed by atoms with Crippen LogP contribution in [0.5, 0.6) is 0 Å². The zero-order chi connectivity index (χ0) is 13.1. The molecule has 96 valence electrons. The quantitative estimate of drug-likeness (QED) is 0.702. The Labute approximate surface area is 111 Å². The summed E-state index contributed by atoms with van der Waals surface area (Å²) in [6, 6.07) is 0. The third kappa shape index (κ3) is 2.86. The molecule has 0 radical (unpaired) electrons. The smallest absolute Gasteiger partial charge is 0.0831 e. The van der Waals surface area contributed by atoms with E-state index in [1.807, 2.05) is 0 Å². The van der Waals surface area contributed by atoms with Gasteiger partial charge in [-0.15, -0.1) is 0 Å². The lowest BCUT2D eigenvalue weighted by Gasteiger charge is -2.16. The zero-order valence-corrected chi connectivity index (χ0v) is 11.8. The van der Waals surface area contributed by atoms with Crippen molar-refractivity contribution < 1.29 is 0 Å². The molecule has 1 heterocycles. The minimum atomic E-state index is 0.305. The first-order valence-corrected chi connectivity index (χ1v) is 6.52. The summed E-state index contributed by atoms with van der Waals surface area (Å²) in [6.07, 6.45) is 8.67. The Bertz CT molecular complexity index is 469. The average Bonchev–Trinajstić information content (AvgIpc) is 2.57. The fraction of sp³-hybridized carbons (Fsp3) is 0.500. The van der Waals surface area contributed by atoms with Crippen molar-refractivity contribution in [1.82, 2.24) is 9.80 Å². The van der Waals surface area contributed by atoms with E-state index in [1.54, 1.807) is 0 Å². The van der Waals surface area contributed by atoms with Gasteiger partial charge in [-0.3, -0.25) is 0 Å². The number of hydrogen-bond donors (Lipinski definition) is 0. The van der Waals surface area contributed by atoms with E-state index in [1.165, 1.54) is 16.8 Å². The predicted molar refractivity (Wildman–Crippen MR) is 76.7 cm³/mol. The molecule has 0 bridgehead atoms. The molecule has 2 nitrogen and oxygen atoms in total. The van der Waals surface area contributed by atoms with Gasteiger partial charge in [-0.1, -0.05) is 23.5 Å². The maximum atomic E-state index is 3.43. The lowest BCUT2D eigenvalue weighted by molar-refractivity contribution is 0.410. The van der Waals surface area contributed by atoms with E-state index in [2.05, 4.69) is 68.1 Å². The number of nitrogens with zero attached hydrogens (tertiary/aromatic N) is 2. The molecule has 2 aliphatic rings. The second kappa shape index (κ2) is 5.46. The molecule has 1 aliphatic carbocycles. The van der Waals surface area contributed by atoms with Gasteiger partial charge in [-0.05, 0) is 39.1 Å². The summed E-state index contributed by atoms with van der Waals surface area (Å²) in [7, 11) is 6.35. The van der Waals surface area contributed by atoms with Gasteiger partial charge in [0.1, 0.15) is 0 Å². The molecule has 0 saturated carbocycles. The molecule has 1 unspecified atom stereocenters. The van der Waals surface area contributed by atoms with E-state index in [-0.39, 0.29) is 0 Å². The number of allylic oxidation sites excluding steroid dienone is 4. The molecule has 0 spiro atoms. The van der Waals surface area contributed by atoms with Crippen LogP contribution in [-0.4, -0.2) is 37.5 Å². The third-order valence-corrected chi connectivity index (χ3v) is 3.43. The van der Waals surface area contributed by atoms with E-state index in [0.717, 1.165) is 19.4 Å². The topological polar surface area (TPSA) is 6.48 Å². The van der Waals surface area contributed by atoms with Crippen LogP contribution in [0.4, 0.5) is 0 Å². The van der Waals surface area contributed by atoms with Crippen molar-refractivity contribution in [3.05, 3.63) is 35.2 Å². The van der Waals surface area contributed by atoms with E-state index in [0.29, 0.717) is 5.92 Å². The van der Waals surface area contributed by atoms with Crippen molar-refractivity contribution in [2.45, 2.75) is 19.8 Å². The van der Waals surface area contributed by atoms with Crippen LogP contribution in [0.3, 0.4) is 0 Å². The van der Waals surface area contributed by atoms with E-state index >= 15 is 0 Å². The Morgan fingerprint density at radius 3 is 2.89 bits per heavy atom. The fourth-order valence-electron chi connectivity index (χ4n) is 2.31. The number of fused-ring (bicyclic) bond motifs is 1. The minimum Gasteiger partial charge on any atom is -0.353 e. The van der Waals surface area contributed by atoms with Gasteiger partial charge in [-0.25, -0.2) is 0 Å². The zero-order valence-electron chi connectivity index (χ0n) is 11.8. The van der Waals surface area contributed by atoms with Gasteiger partial charge in [0, 0.05) is 31.9 Å². The van der Waals surface area contributed by atoms with Crippen LogP contribution in [-0.2, 0) is 0 Å². The molecular formula is C16H22N2. The van der Waals surface area contributed by atoms with Crippen LogP contribution in [0.2, 0.25) is 0 Å². The summed E-state index contributed by atoms with van der Waals surface area (Å²) in [5.41, 5.74) is 4.09. The lowest BCUT2D eigenvalue weighted by atomic mass is 9.95. The molecule has 0 saturated heterocycles. The van der Waals surface area contributed by atoms with Gasteiger partial charge in [0.2, 0.25) is 0 Å². The highest BCUT2D eigenvalue weighted by atomic mass is 15.1. The predicted octanol–water partition coefficient (Wildman–Crippen LogP) is 2.62. The monoisotopic (exact) mass is 242 g/mol. The Hall–Kier alpha value is -1.46. The molecule has 0 aromatic carbocycles. The largest absolute Gasteiger partial charge is 0.353 e. The highest BCUT2D eigenvalue weighted by Gasteiger charge is 2.26. The Morgan fingerprint density at radius 1 is 1.39 bits per heavy atom. The van der Waals surface area contributed by atoms with Crippen LogP contribution >= 0.6 is 0 Å². The van der Waals surface area contributed by atoms with Gasteiger partial charge in [0.05, 0.1) is 5.92 Å². The van der Waals surface area contributed by atoms with E-state index in [9.17, 15) is 0 Å². The summed E-state index contributed by atoms with van der Waals surface area (Å²) in [4.78, 5) is 4.45. The van der Waals surface area contributed by atoms with Crippen molar-refractivity contribution in [2.24, 2.45) is 5.92 Å². The van der Waals surface area contributed by atoms with Crippen LogP contribution in [0.1, 0.15) is 19.8 Å². The SMILES string of the molecule is C/C1=C/C=C2\C(C#CC1)C(CCN(C)C)=CN2C. The van der Waals surface area contributed by atoms with Crippen molar-refractivity contribution in [3.63, 3.8) is 0 Å². The number of hydrogen-bond acceptors (Lipinski definition) is 2. The molecule has 0 N–H and O–H groups in total. The molecule has 1 atom stereocenters. The summed E-state index contributed by atoms with van der Waals surface area (Å²) in [5, 5.41) is 0. The highest BCUT2D eigenvalue weighted by molar-refractivity contribution is 5.41. The lowest BCUT2D eigenvalue weighted by Crippen LogP contribution is -2.15. The molecule has 0 aromatic rings. The van der Waals surface area contributed by atoms with Crippen molar-refractivity contribution in [1.29, 1.82) is 0 Å². The summed E-state index contributed by atoms with van der Waals surface area (Å²) in [5.74, 6) is 7.04. The molecule has 0 fully saturated rings.